The van der Waals surface area contributed by atoms with Gasteiger partial charge in [0.25, 0.3) is 0 Å². The van der Waals surface area contributed by atoms with Crippen LogP contribution in [0.2, 0.25) is 0 Å². The molecule has 1 heterocycles. The normalized spacial score (nSPS) is 10.7. The maximum atomic E-state index is 11.9. The first kappa shape index (κ1) is 13.8. The number of nitrogens with zero attached hydrogens (tertiary/aromatic N) is 3. The lowest BCUT2D eigenvalue weighted by atomic mass is 10.2. The monoisotopic (exact) mass is 345 g/mol. The average Bonchev–Trinajstić information content (AvgIpc) is 2.89. The fraction of sp³-hybridized carbons (Fsp3) is 0.133. The van der Waals surface area contributed by atoms with Crippen molar-refractivity contribution in [2.75, 3.05) is 0 Å². The third-order valence-electron chi connectivity index (χ3n) is 2.99. The molecule has 0 N–H and O–H groups in total. The summed E-state index contributed by atoms with van der Waals surface area (Å²) in [6.07, 6.45) is 0. The summed E-state index contributed by atoms with van der Waals surface area (Å²) >= 11 is 3.38. The molecule has 2 aromatic carbocycles. The molecule has 3 rings (SSSR count). The van der Waals surface area contributed by atoms with Gasteiger partial charge < -0.3 is 4.74 Å². The van der Waals surface area contributed by atoms with Crippen molar-refractivity contribution in [2.24, 2.45) is 0 Å². The molecule has 0 aliphatic rings. The molecule has 0 bridgehead atoms. The van der Waals surface area contributed by atoms with Crippen molar-refractivity contribution in [1.29, 1.82) is 0 Å². The first-order valence-corrected chi connectivity index (χ1v) is 7.20. The number of benzene rings is 2. The van der Waals surface area contributed by atoms with Crippen molar-refractivity contribution in [3.63, 3.8) is 0 Å². The van der Waals surface area contributed by atoms with Crippen LogP contribution in [0.25, 0.3) is 11.0 Å². The summed E-state index contributed by atoms with van der Waals surface area (Å²) in [6.45, 7) is 0.291. The van der Waals surface area contributed by atoms with E-state index in [-0.39, 0.29) is 19.1 Å². The van der Waals surface area contributed by atoms with Gasteiger partial charge in [0, 0.05) is 4.47 Å². The molecule has 1 aromatic heterocycles. The van der Waals surface area contributed by atoms with Crippen molar-refractivity contribution >= 4 is 32.9 Å². The smallest absolute Gasteiger partial charge is 0.328 e. The zero-order valence-electron chi connectivity index (χ0n) is 11.1. The Morgan fingerprint density at radius 3 is 2.90 bits per heavy atom. The molecule has 5 nitrogen and oxygen atoms in total. The molecule has 106 valence electrons. The van der Waals surface area contributed by atoms with Crippen molar-refractivity contribution in [1.82, 2.24) is 15.0 Å². The second-order valence-corrected chi connectivity index (χ2v) is 5.44. The van der Waals surface area contributed by atoms with Gasteiger partial charge in [-0.05, 0) is 29.8 Å². The predicted molar refractivity (Wildman–Crippen MR) is 81.5 cm³/mol. The van der Waals surface area contributed by atoms with Crippen LogP contribution in [0.3, 0.4) is 0 Å². The molecule has 0 saturated heterocycles. The third-order valence-corrected chi connectivity index (χ3v) is 3.48. The second kappa shape index (κ2) is 6.05. The molecule has 3 aromatic rings. The van der Waals surface area contributed by atoms with Crippen molar-refractivity contribution < 1.29 is 9.53 Å². The van der Waals surface area contributed by atoms with Crippen LogP contribution in [0.5, 0.6) is 0 Å². The average molecular weight is 346 g/mol. The number of halogens is 1. The minimum Gasteiger partial charge on any atom is -0.459 e. The Morgan fingerprint density at radius 2 is 2.05 bits per heavy atom. The Kier molecular flexibility index (Phi) is 3.96. The van der Waals surface area contributed by atoms with E-state index in [1.165, 1.54) is 0 Å². The summed E-state index contributed by atoms with van der Waals surface area (Å²) in [6, 6.07) is 15.1. The van der Waals surface area contributed by atoms with Gasteiger partial charge in [0.15, 0.2) is 0 Å². The summed E-state index contributed by atoms with van der Waals surface area (Å²) in [5, 5.41) is 7.96. The molecule has 0 unspecified atom stereocenters. The number of ether oxygens (including phenoxy) is 1. The van der Waals surface area contributed by atoms with E-state index in [4.69, 9.17) is 4.74 Å². The fourth-order valence-corrected chi connectivity index (χ4v) is 2.44. The summed E-state index contributed by atoms with van der Waals surface area (Å²) in [4.78, 5) is 11.9. The lowest BCUT2D eigenvalue weighted by Crippen LogP contribution is -2.14. The number of hydrogen-bond acceptors (Lipinski definition) is 4. The molecule has 0 saturated carbocycles. The lowest BCUT2D eigenvalue weighted by molar-refractivity contribution is -0.145. The number of aromatic nitrogens is 3. The zero-order chi connectivity index (χ0) is 14.7. The second-order valence-electron chi connectivity index (χ2n) is 4.53. The number of carbonyl (C=O) groups excluding carboxylic acids is 1. The van der Waals surface area contributed by atoms with E-state index in [0.29, 0.717) is 0 Å². The van der Waals surface area contributed by atoms with Crippen LogP contribution in [0.15, 0.2) is 53.0 Å². The topological polar surface area (TPSA) is 57.0 Å². The molecule has 0 radical (unpaired) electrons. The number of esters is 1. The number of carbonyl (C=O) groups is 1. The highest BCUT2D eigenvalue weighted by Gasteiger charge is 2.09. The molecule has 0 amide bonds. The molecule has 0 atom stereocenters. The standard InChI is InChI=1S/C15H12BrN3O2/c16-12-5-3-4-11(8-12)10-21-15(20)9-19-14-7-2-1-6-13(14)17-18-19/h1-8H,9-10H2. The Balaban J connectivity index is 1.64. The number of fused-ring (bicyclic) bond motifs is 1. The van der Waals surface area contributed by atoms with Gasteiger partial charge >= 0.3 is 5.97 Å². The van der Waals surface area contributed by atoms with Gasteiger partial charge in [0.2, 0.25) is 0 Å². The molecule has 21 heavy (non-hydrogen) atoms. The van der Waals surface area contributed by atoms with E-state index < -0.39 is 0 Å². The Bertz CT molecular complexity index is 785. The third kappa shape index (κ3) is 3.28. The van der Waals surface area contributed by atoms with E-state index in [1.54, 1.807) is 4.68 Å². The molecule has 0 spiro atoms. The molecule has 0 aliphatic heterocycles. The van der Waals surface area contributed by atoms with Gasteiger partial charge in [-0.1, -0.05) is 45.4 Å². The fourth-order valence-electron chi connectivity index (χ4n) is 1.99. The van der Waals surface area contributed by atoms with Crippen LogP contribution >= 0.6 is 15.9 Å². The first-order chi connectivity index (χ1) is 10.2. The SMILES string of the molecule is O=C(Cn1nnc2ccccc21)OCc1cccc(Br)c1. The van der Waals surface area contributed by atoms with Crippen LogP contribution in [-0.2, 0) is 22.7 Å². The van der Waals surface area contributed by atoms with Crippen LogP contribution in [0, 0.1) is 0 Å². The summed E-state index contributed by atoms with van der Waals surface area (Å²) < 4.78 is 7.75. The minimum absolute atomic E-state index is 0.0501. The highest BCUT2D eigenvalue weighted by Crippen LogP contribution is 2.13. The minimum atomic E-state index is -0.342. The Hall–Kier alpha value is -2.21. The largest absolute Gasteiger partial charge is 0.459 e. The summed E-state index contributed by atoms with van der Waals surface area (Å²) in [5.41, 5.74) is 2.51. The van der Waals surface area contributed by atoms with E-state index >= 15 is 0 Å². The lowest BCUT2D eigenvalue weighted by Gasteiger charge is -2.05. The van der Waals surface area contributed by atoms with Crippen LogP contribution < -0.4 is 0 Å². The molecule has 0 fully saturated rings. The van der Waals surface area contributed by atoms with E-state index in [2.05, 4.69) is 26.2 Å². The van der Waals surface area contributed by atoms with Gasteiger partial charge in [-0.15, -0.1) is 5.10 Å². The zero-order valence-corrected chi connectivity index (χ0v) is 12.7. The van der Waals surface area contributed by atoms with E-state index in [9.17, 15) is 4.79 Å². The van der Waals surface area contributed by atoms with Crippen LogP contribution in [-0.4, -0.2) is 21.0 Å². The Morgan fingerprint density at radius 1 is 1.19 bits per heavy atom. The number of rotatable bonds is 4. The van der Waals surface area contributed by atoms with Gasteiger partial charge in [-0.25, -0.2) is 4.68 Å². The summed E-state index contributed by atoms with van der Waals surface area (Å²) in [5.74, 6) is -0.342. The maximum Gasteiger partial charge on any atom is 0.328 e. The highest BCUT2D eigenvalue weighted by atomic mass is 79.9. The number of para-hydroxylation sites is 1. The van der Waals surface area contributed by atoms with Gasteiger partial charge in [0.05, 0.1) is 5.52 Å². The van der Waals surface area contributed by atoms with Crippen LogP contribution in [0.1, 0.15) is 5.56 Å². The molecule has 0 aliphatic carbocycles. The quantitative estimate of drug-likeness (QED) is 0.682. The summed E-state index contributed by atoms with van der Waals surface area (Å²) in [7, 11) is 0. The van der Waals surface area contributed by atoms with E-state index in [0.717, 1.165) is 21.1 Å². The number of hydrogen-bond donors (Lipinski definition) is 0. The van der Waals surface area contributed by atoms with Crippen molar-refractivity contribution in [2.45, 2.75) is 13.2 Å². The molecular weight excluding hydrogens is 334 g/mol. The predicted octanol–water partition coefficient (Wildman–Crippen LogP) is 2.94. The van der Waals surface area contributed by atoms with Crippen molar-refractivity contribution in [3.05, 3.63) is 58.6 Å². The Labute approximate surface area is 129 Å². The maximum absolute atomic E-state index is 11.9. The highest BCUT2D eigenvalue weighted by molar-refractivity contribution is 9.10. The molecule has 6 heteroatoms. The van der Waals surface area contributed by atoms with Gasteiger partial charge in [-0.2, -0.15) is 0 Å². The molecular formula is C15H12BrN3O2. The van der Waals surface area contributed by atoms with Crippen LogP contribution in [0.4, 0.5) is 0 Å². The van der Waals surface area contributed by atoms with Crippen molar-refractivity contribution in [3.8, 4) is 0 Å². The van der Waals surface area contributed by atoms with E-state index in [1.807, 2.05) is 48.5 Å². The van der Waals surface area contributed by atoms with Gasteiger partial charge in [0.1, 0.15) is 18.7 Å². The first-order valence-electron chi connectivity index (χ1n) is 6.41. The van der Waals surface area contributed by atoms with Gasteiger partial charge in [-0.3, -0.25) is 4.79 Å².